The Morgan fingerprint density at radius 3 is 2.67 bits per heavy atom. The van der Waals surface area contributed by atoms with Gasteiger partial charge in [0.2, 0.25) is 5.91 Å². The van der Waals surface area contributed by atoms with Gasteiger partial charge in [-0.25, -0.2) is 4.98 Å². The van der Waals surface area contributed by atoms with Gasteiger partial charge in [-0.05, 0) is 18.9 Å². The maximum Gasteiger partial charge on any atom is 0.271 e. The molecule has 0 saturated carbocycles. The molecule has 2 amide bonds. The van der Waals surface area contributed by atoms with Crippen LogP contribution in [0.4, 0.5) is 5.13 Å². The van der Waals surface area contributed by atoms with E-state index in [1.54, 1.807) is 17.2 Å². The Morgan fingerprint density at radius 1 is 1.19 bits per heavy atom. The van der Waals surface area contributed by atoms with Gasteiger partial charge in [0.1, 0.15) is 5.69 Å². The first kappa shape index (κ1) is 17.4. The van der Waals surface area contributed by atoms with Crippen molar-refractivity contribution in [3.8, 4) is 11.3 Å². The molecule has 7 nitrogen and oxygen atoms in total. The van der Waals surface area contributed by atoms with Crippen LogP contribution in [0.1, 0.15) is 23.3 Å². The lowest BCUT2D eigenvalue weighted by Gasteiger charge is -2.30. The Balaban J connectivity index is 1.35. The van der Waals surface area contributed by atoms with E-state index >= 15 is 0 Å². The van der Waals surface area contributed by atoms with E-state index in [9.17, 15) is 9.59 Å². The second-order valence-corrected chi connectivity index (χ2v) is 7.32. The van der Waals surface area contributed by atoms with Crippen molar-refractivity contribution < 1.29 is 9.59 Å². The third-order valence-electron chi connectivity index (χ3n) is 4.69. The molecule has 4 rings (SSSR count). The summed E-state index contributed by atoms with van der Waals surface area (Å²) in [4.78, 5) is 30.9. The number of amides is 2. The topological polar surface area (TPSA) is 91.0 Å². The van der Waals surface area contributed by atoms with Gasteiger partial charge in [-0.2, -0.15) is 5.10 Å². The fourth-order valence-electron chi connectivity index (χ4n) is 3.20. The molecule has 0 aliphatic carbocycles. The van der Waals surface area contributed by atoms with Gasteiger partial charge in [0.05, 0.1) is 5.69 Å². The summed E-state index contributed by atoms with van der Waals surface area (Å²) in [5, 5.41) is 12.4. The van der Waals surface area contributed by atoms with E-state index < -0.39 is 0 Å². The zero-order valence-corrected chi connectivity index (χ0v) is 15.4. The lowest BCUT2D eigenvalue weighted by atomic mass is 9.96. The molecular formula is C19H19N5O2S. The highest BCUT2D eigenvalue weighted by molar-refractivity contribution is 7.13. The van der Waals surface area contributed by atoms with Crippen LogP contribution in [0.5, 0.6) is 0 Å². The van der Waals surface area contributed by atoms with Gasteiger partial charge in [0.25, 0.3) is 5.91 Å². The summed E-state index contributed by atoms with van der Waals surface area (Å²) >= 11 is 1.40. The molecule has 1 saturated heterocycles. The molecule has 0 radical (unpaired) electrons. The van der Waals surface area contributed by atoms with Crippen molar-refractivity contribution in [2.45, 2.75) is 12.8 Å². The van der Waals surface area contributed by atoms with Gasteiger partial charge in [0.15, 0.2) is 5.13 Å². The minimum atomic E-state index is -0.0976. The molecule has 1 aliphatic heterocycles. The molecule has 2 aromatic heterocycles. The number of thiazole rings is 1. The van der Waals surface area contributed by atoms with E-state index in [1.807, 2.05) is 35.7 Å². The molecule has 1 fully saturated rings. The maximum absolute atomic E-state index is 12.7. The van der Waals surface area contributed by atoms with E-state index in [1.165, 1.54) is 11.3 Å². The third kappa shape index (κ3) is 3.90. The molecule has 0 atom stereocenters. The van der Waals surface area contributed by atoms with Crippen molar-refractivity contribution in [2.24, 2.45) is 5.92 Å². The summed E-state index contributed by atoms with van der Waals surface area (Å²) in [5.41, 5.74) is 2.18. The smallest absolute Gasteiger partial charge is 0.271 e. The number of hydrogen-bond donors (Lipinski definition) is 2. The van der Waals surface area contributed by atoms with Crippen LogP contribution in [0, 0.1) is 5.92 Å². The SMILES string of the molecule is O=C(Nc1nccs1)C1CCN(C(=O)c2cc(-c3ccccc3)n[nH]2)CC1. The average molecular weight is 381 g/mol. The van der Waals surface area contributed by atoms with Crippen molar-refractivity contribution in [1.82, 2.24) is 20.1 Å². The fourth-order valence-corrected chi connectivity index (χ4v) is 3.73. The second-order valence-electron chi connectivity index (χ2n) is 6.43. The summed E-state index contributed by atoms with van der Waals surface area (Å²) in [6.45, 7) is 1.10. The first-order valence-electron chi connectivity index (χ1n) is 8.81. The van der Waals surface area contributed by atoms with Crippen molar-refractivity contribution >= 4 is 28.3 Å². The molecule has 2 N–H and O–H groups in total. The zero-order chi connectivity index (χ0) is 18.6. The molecule has 1 aliphatic rings. The lowest BCUT2D eigenvalue weighted by molar-refractivity contribution is -0.121. The molecule has 0 bridgehead atoms. The van der Waals surface area contributed by atoms with Gasteiger partial charge < -0.3 is 10.2 Å². The molecule has 8 heteroatoms. The number of nitrogens with zero attached hydrogens (tertiary/aromatic N) is 3. The minimum absolute atomic E-state index is 0.0232. The predicted octanol–water partition coefficient (Wildman–Crippen LogP) is 3.02. The Bertz CT molecular complexity index is 915. The first-order chi connectivity index (χ1) is 13.2. The quantitative estimate of drug-likeness (QED) is 0.727. The third-order valence-corrected chi connectivity index (χ3v) is 5.38. The molecule has 3 heterocycles. The molecule has 1 aromatic carbocycles. The number of hydrogen-bond acceptors (Lipinski definition) is 5. The molecule has 3 aromatic rings. The summed E-state index contributed by atoms with van der Waals surface area (Å²) < 4.78 is 0. The van der Waals surface area contributed by atoms with E-state index in [2.05, 4.69) is 20.5 Å². The Kier molecular flexibility index (Phi) is 4.97. The number of aromatic amines is 1. The van der Waals surface area contributed by atoms with Crippen LogP contribution in [-0.4, -0.2) is 45.0 Å². The number of anilines is 1. The monoisotopic (exact) mass is 381 g/mol. The van der Waals surface area contributed by atoms with Crippen molar-refractivity contribution in [3.05, 3.63) is 53.7 Å². The van der Waals surface area contributed by atoms with Crippen LogP contribution < -0.4 is 5.32 Å². The Morgan fingerprint density at radius 2 is 1.96 bits per heavy atom. The highest BCUT2D eigenvalue weighted by Crippen LogP contribution is 2.23. The molecular weight excluding hydrogens is 362 g/mol. The van der Waals surface area contributed by atoms with Gasteiger partial charge >= 0.3 is 0 Å². The molecule has 0 spiro atoms. The first-order valence-corrected chi connectivity index (χ1v) is 9.69. The van der Waals surface area contributed by atoms with Gasteiger partial charge in [-0.3, -0.25) is 14.7 Å². The predicted molar refractivity (Wildman–Crippen MR) is 103 cm³/mol. The number of nitrogens with one attached hydrogen (secondary N) is 2. The standard InChI is InChI=1S/C19H19N5O2S/c25-17(21-19-20-8-11-27-19)14-6-9-24(10-7-14)18(26)16-12-15(22-23-16)13-4-2-1-3-5-13/h1-5,8,11-12,14H,6-7,9-10H2,(H,22,23)(H,20,21,25). The van der Waals surface area contributed by atoms with E-state index in [0.717, 1.165) is 11.3 Å². The average Bonchev–Trinajstić information content (AvgIpc) is 3.40. The fraction of sp³-hybridized carbons (Fsp3) is 0.263. The highest BCUT2D eigenvalue weighted by atomic mass is 32.1. The number of carbonyl (C=O) groups excluding carboxylic acids is 2. The van der Waals surface area contributed by atoms with Gasteiger partial charge in [-0.15, -0.1) is 11.3 Å². The van der Waals surface area contributed by atoms with Gasteiger partial charge in [-0.1, -0.05) is 30.3 Å². The van der Waals surface area contributed by atoms with Crippen LogP contribution in [0.25, 0.3) is 11.3 Å². The molecule has 27 heavy (non-hydrogen) atoms. The number of piperidine rings is 1. The summed E-state index contributed by atoms with van der Waals surface area (Å²) in [5.74, 6) is -0.201. The lowest BCUT2D eigenvalue weighted by Crippen LogP contribution is -2.41. The largest absolute Gasteiger partial charge is 0.337 e. The number of carbonyl (C=O) groups is 2. The summed E-state index contributed by atoms with van der Waals surface area (Å²) in [7, 11) is 0. The number of likely N-dealkylation sites (tertiary alicyclic amines) is 1. The van der Waals surface area contributed by atoms with Crippen LogP contribution in [-0.2, 0) is 4.79 Å². The normalized spacial score (nSPS) is 14.9. The molecule has 138 valence electrons. The second kappa shape index (κ2) is 7.71. The summed E-state index contributed by atoms with van der Waals surface area (Å²) in [6.07, 6.45) is 2.95. The van der Waals surface area contributed by atoms with E-state index in [-0.39, 0.29) is 17.7 Å². The number of H-pyrrole nitrogens is 1. The van der Waals surface area contributed by atoms with Crippen molar-refractivity contribution in [3.63, 3.8) is 0 Å². The van der Waals surface area contributed by atoms with Crippen LogP contribution in [0.15, 0.2) is 48.0 Å². The maximum atomic E-state index is 12.7. The summed E-state index contributed by atoms with van der Waals surface area (Å²) in [6, 6.07) is 11.5. The van der Waals surface area contributed by atoms with E-state index in [0.29, 0.717) is 36.8 Å². The number of benzene rings is 1. The van der Waals surface area contributed by atoms with Crippen molar-refractivity contribution in [2.75, 3.05) is 18.4 Å². The van der Waals surface area contributed by atoms with Gasteiger partial charge in [0, 0.05) is 36.1 Å². The van der Waals surface area contributed by atoms with Crippen LogP contribution in [0.3, 0.4) is 0 Å². The van der Waals surface area contributed by atoms with Crippen LogP contribution >= 0.6 is 11.3 Å². The minimum Gasteiger partial charge on any atom is -0.337 e. The molecule has 0 unspecified atom stereocenters. The van der Waals surface area contributed by atoms with Crippen LogP contribution in [0.2, 0.25) is 0 Å². The van der Waals surface area contributed by atoms with Crippen molar-refractivity contribution in [1.29, 1.82) is 0 Å². The Labute approximate surface area is 160 Å². The Hall–Kier alpha value is -3.00. The number of rotatable bonds is 4. The zero-order valence-electron chi connectivity index (χ0n) is 14.6. The van der Waals surface area contributed by atoms with E-state index in [4.69, 9.17) is 0 Å². The number of aromatic nitrogens is 3. The highest BCUT2D eigenvalue weighted by Gasteiger charge is 2.29.